The average molecular weight is 529 g/mol. The van der Waals surface area contributed by atoms with Gasteiger partial charge in [-0.25, -0.2) is 13.9 Å². The Morgan fingerprint density at radius 2 is 1.47 bits per heavy atom. The standard InChI is InChI=1S/C24H27F3N2O6S/c25-24(26,27)35-19-9-7-17(8-10-19)34-18-11-13-20(14-12-18)36(32,33)29-15-3-5-16-4-1-2-6-21(16)22(29)23(30)28-31/h7-14,16,21-22,31H,1-6,15H2,(H,28,30). The summed E-state index contributed by atoms with van der Waals surface area (Å²) < 4.78 is 74.7. The first-order chi connectivity index (χ1) is 17.1. The minimum absolute atomic E-state index is 0.0335. The van der Waals surface area contributed by atoms with Crippen LogP contribution < -0.4 is 15.0 Å². The fraction of sp³-hybridized carbons (Fsp3) is 0.458. The highest BCUT2D eigenvalue weighted by atomic mass is 32.2. The van der Waals surface area contributed by atoms with E-state index in [-0.39, 0.29) is 34.8 Å². The summed E-state index contributed by atoms with van der Waals surface area (Å²) in [6.07, 6.45) is 0.236. The summed E-state index contributed by atoms with van der Waals surface area (Å²) in [6.45, 7) is 0.165. The van der Waals surface area contributed by atoms with Crippen molar-refractivity contribution in [2.75, 3.05) is 6.54 Å². The summed E-state index contributed by atoms with van der Waals surface area (Å²) in [4.78, 5) is 12.6. The van der Waals surface area contributed by atoms with E-state index in [4.69, 9.17) is 4.74 Å². The minimum Gasteiger partial charge on any atom is -0.457 e. The van der Waals surface area contributed by atoms with Crippen molar-refractivity contribution in [1.29, 1.82) is 0 Å². The summed E-state index contributed by atoms with van der Waals surface area (Å²) >= 11 is 0. The molecule has 2 N–H and O–H groups in total. The van der Waals surface area contributed by atoms with E-state index in [1.807, 2.05) is 0 Å². The molecule has 2 aromatic carbocycles. The number of hydrogen-bond donors (Lipinski definition) is 2. The summed E-state index contributed by atoms with van der Waals surface area (Å²) in [5, 5.41) is 9.37. The summed E-state index contributed by atoms with van der Waals surface area (Å²) in [5.74, 6) is -0.562. The molecule has 3 unspecified atom stereocenters. The number of fused-ring (bicyclic) bond motifs is 1. The highest BCUT2D eigenvalue weighted by Gasteiger charge is 2.45. The van der Waals surface area contributed by atoms with Gasteiger partial charge in [0.2, 0.25) is 10.0 Å². The van der Waals surface area contributed by atoms with Crippen LogP contribution in [0.25, 0.3) is 0 Å². The zero-order valence-electron chi connectivity index (χ0n) is 19.3. The lowest BCUT2D eigenvalue weighted by atomic mass is 9.74. The lowest BCUT2D eigenvalue weighted by molar-refractivity contribution is -0.274. The van der Waals surface area contributed by atoms with E-state index < -0.39 is 34.1 Å². The third-order valence-corrected chi connectivity index (χ3v) is 8.63. The van der Waals surface area contributed by atoms with Crippen LogP contribution in [0.3, 0.4) is 0 Å². The fourth-order valence-corrected chi connectivity index (χ4v) is 6.87. The van der Waals surface area contributed by atoms with E-state index in [1.54, 1.807) is 5.48 Å². The van der Waals surface area contributed by atoms with Crippen molar-refractivity contribution in [2.24, 2.45) is 11.8 Å². The van der Waals surface area contributed by atoms with E-state index in [0.717, 1.165) is 37.8 Å². The molecule has 1 aliphatic carbocycles. The van der Waals surface area contributed by atoms with Gasteiger partial charge in [0.15, 0.2) is 0 Å². The molecule has 2 aliphatic rings. The molecule has 0 aromatic heterocycles. The molecule has 0 radical (unpaired) electrons. The Kier molecular flexibility index (Phi) is 7.76. The highest BCUT2D eigenvalue weighted by Crippen LogP contribution is 2.41. The van der Waals surface area contributed by atoms with Crippen LogP contribution in [0.5, 0.6) is 17.2 Å². The molecule has 2 aromatic rings. The number of halogens is 3. The Hall–Kier alpha value is -2.83. The predicted molar refractivity (Wildman–Crippen MR) is 122 cm³/mol. The SMILES string of the molecule is O=C(NO)C1C2CCCCC2CCCN1S(=O)(=O)c1ccc(Oc2ccc(OC(F)(F)F)cc2)cc1. The maximum Gasteiger partial charge on any atom is 0.573 e. The first-order valence-electron chi connectivity index (χ1n) is 11.7. The molecule has 1 heterocycles. The van der Waals surface area contributed by atoms with Gasteiger partial charge in [-0.3, -0.25) is 10.0 Å². The van der Waals surface area contributed by atoms with Gasteiger partial charge >= 0.3 is 6.36 Å². The van der Waals surface area contributed by atoms with E-state index in [1.165, 1.54) is 40.7 Å². The molecule has 1 saturated carbocycles. The quantitative estimate of drug-likeness (QED) is 0.411. The largest absolute Gasteiger partial charge is 0.573 e. The molecule has 1 aliphatic heterocycles. The number of carbonyl (C=O) groups excluding carboxylic acids is 1. The molecule has 36 heavy (non-hydrogen) atoms. The van der Waals surface area contributed by atoms with Gasteiger partial charge in [0.1, 0.15) is 23.3 Å². The first-order valence-corrected chi connectivity index (χ1v) is 13.1. The molecule has 4 rings (SSSR count). The van der Waals surface area contributed by atoms with Crippen LogP contribution in [0.15, 0.2) is 53.4 Å². The average Bonchev–Trinajstić information content (AvgIpc) is 3.04. The molecule has 3 atom stereocenters. The predicted octanol–water partition coefficient (Wildman–Crippen LogP) is 4.84. The van der Waals surface area contributed by atoms with Gasteiger partial charge in [-0.1, -0.05) is 19.3 Å². The maximum atomic E-state index is 13.6. The molecular weight excluding hydrogens is 501 g/mol. The molecule has 0 spiro atoms. The number of benzene rings is 2. The van der Waals surface area contributed by atoms with Crippen molar-refractivity contribution in [1.82, 2.24) is 9.79 Å². The van der Waals surface area contributed by atoms with E-state index in [9.17, 15) is 31.6 Å². The van der Waals surface area contributed by atoms with E-state index in [0.29, 0.717) is 12.8 Å². The van der Waals surface area contributed by atoms with Crippen molar-refractivity contribution in [3.63, 3.8) is 0 Å². The molecule has 1 amide bonds. The number of nitrogens with zero attached hydrogens (tertiary/aromatic N) is 1. The van der Waals surface area contributed by atoms with Crippen LogP contribution in [0.1, 0.15) is 38.5 Å². The van der Waals surface area contributed by atoms with Gasteiger partial charge in [-0.05, 0) is 79.6 Å². The third kappa shape index (κ3) is 5.93. The van der Waals surface area contributed by atoms with E-state index in [2.05, 4.69) is 4.74 Å². The van der Waals surface area contributed by atoms with Crippen LogP contribution >= 0.6 is 0 Å². The van der Waals surface area contributed by atoms with Gasteiger partial charge in [0.25, 0.3) is 5.91 Å². The number of amides is 1. The molecule has 12 heteroatoms. The maximum absolute atomic E-state index is 13.6. The van der Waals surface area contributed by atoms with Gasteiger partial charge in [0, 0.05) is 6.54 Å². The van der Waals surface area contributed by atoms with Crippen LogP contribution in [0, 0.1) is 11.8 Å². The van der Waals surface area contributed by atoms with Crippen molar-refractivity contribution in [3.8, 4) is 17.2 Å². The van der Waals surface area contributed by atoms with Crippen LogP contribution in [-0.2, 0) is 14.8 Å². The van der Waals surface area contributed by atoms with Crippen LogP contribution in [0.4, 0.5) is 13.2 Å². The zero-order chi connectivity index (χ0) is 25.9. The van der Waals surface area contributed by atoms with Crippen molar-refractivity contribution < 1.29 is 41.1 Å². The Bertz CT molecular complexity index is 1160. The number of alkyl halides is 3. The highest BCUT2D eigenvalue weighted by molar-refractivity contribution is 7.89. The topological polar surface area (TPSA) is 105 Å². The Balaban J connectivity index is 1.52. The molecule has 2 fully saturated rings. The number of rotatable bonds is 6. The second-order valence-corrected chi connectivity index (χ2v) is 10.9. The van der Waals surface area contributed by atoms with Gasteiger partial charge in [-0.15, -0.1) is 13.2 Å². The van der Waals surface area contributed by atoms with Crippen molar-refractivity contribution in [2.45, 2.75) is 55.8 Å². The lowest BCUT2D eigenvalue weighted by Crippen LogP contribution is -2.53. The van der Waals surface area contributed by atoms with Gasteiger partial charge in [0.05, 0.1) is 4.90 Å². The number of ether oxygens (including phenoxy) is 2. The number of hydrogen-bond acceptors (Lipinski definition) is 6. The number of nitrogens with one attached hydrogen (secondary N) is 1. The lowest BCUT2D eigenvalue weighted by Gasteiger charge is -2.38. The number of hydroxylamine groups is 1. The molecule has 0 bridgehead atoms. The first kappa shape index (κ1) is 26.2. The van der Waals surface area contributed by atoms with Gasteiger partial charge in [-0.2, -0.15) is 4.31 Å². The molecule has 196 valence electrons. The summed E-state index contributed by atoms with van der Waals surface area (Å²) in [5.41, 5.74) is 1.67. The monoisotopic (exact) mass is 528 g/mol. The van der Waals surface area contributed by atoms with Crippen molar-refractivity contribution in [3.05, 3.63) is 48.5 Å². The summed E-state index contributed by atoms with van der Waals surface area (Å²) in [6, 6.07) is 9.35. The normalized spacial score (nSPS) is 23.3. The minimum atomic E-state index is -4.80. The molecule has 8 nitrogen and oxygen atoms in total. The summed E-state index contributed by atoms with van der Waals surface area (Å²) in [7, 11) is -4.07. The van der Waals surface area contributed by atoms with Crippen LogP contribution in [-0.4, -0.2) is 42.8 Å². The Morgan fingerprint density at radius 1 is 0.917 bits per heavy atom. The number of sulfonamides is 1. The Labute approximate surface area is 207 Å². The third-order valence-electron chi connectivity index (χ3n) is 6.74. The van der Waals surface area contributed by atoms with Gasteiger partial charge < -0.3 is 9.47 Å². The second kappa shape index (κ2) is 10.7. The smallest absolute Gasteiger partial charge is 0.457 e. The zero-order valence-corrected chi connectivity index (χ0v) is 20.1. The number of carbonyl (C=O) groups is 1. The second-order valence-electron chi connectivity index (χ2n) is 8.98. The molecule has 1 saturated heterocycles. The van der Waals surface area contributed by atoms with Crippen molar-refractivity contribution >= 4 is 15.9 Å². The Morgan fingerprint density at radius 3 is 2.08 bits per heavy atom. The van der Waals surface area contributed by atoms with Crippen LogP contribution in [0.2, 0.25) is 0 Å². The fourth-order valence-electron chi connectivity index (χ4n) is 5.19. The van der Waals surface area contributed by atoms with E-state index >= 15 is 0 Å². The molecular formula is C24H27F3N2O6S.